The second-order valence-electron chi connectivity index (χ2n) is 6.72. The summed E-state index contributed by atoms with van der Waals surface area (Å²) in [5.74, 6) is 1.18. The van der Waals surface area contributed by atoms with Crippen LogP contribution in [0.4, 0.5) is 5.69 Å². The number of para-hydroxylation sites is 2. The molecule has 1 atom stereocenters. The highest BCUT2D eigenvalue weighted by Crippen LogP contribution is 2.29. The number of ether oxygens (including phenoxy) is 1. The molecule has 25 heavy (non-hydrogen) atoms. The van der Waals surface area contributed by atoms with Crippen molar-refractivity contribution in [2.24, 2.45) is 5.92 Å². The summed E-state index contributed by atoms with van der Waals surface area (Å²) in [6, 6.07) is 8.06. The van der Waals surface area contributed by atoms with E-state index in [2.05, 4.69) is 11.0 Å². The lowest BCUT2D eigenvalue weighted by molar-refractivity contribution is -0.142. The van der Waals surface area contributed by atoms with Crippen LogP contribution in [-0.2, 0) is 9.59 Å². The second kappa shape index (κ2) is 7.76. The van der Waals surface area contributed by atoms with Crippen molar-refractivity contribution < 1.29 is 14.3 Å². The molecule has 2 saturated heterocycles. The first kappa shape index (κ1) is 17.6. The van der Waals surface area contributed by atoms with Crippen LogP contribution in [0, 0.1) is 5.92 Å². The Morgan fingerprint density at radius 3 is 2.60 bits per heavy atom. The molecule has 136 valence electrons. The molecule has 0 radical (unpaired) electrons. The Hall–Kier alpha value is -2.24. The zero-order chi connectivity index (χ0) is 17.8. The molecule has 1 aromatic rings. The predicted octanol–water partition coefficient (Wildman–Crippen LogP) is 1.60. The number of carbonyl (C=O) groups is 2. The van der Waals surface area contributed by atoms with Crippen LogP contribution < -0.4 is 9.64 Å². The molecule has 2 aliphatic rings. The number of likely N-dealkylation sites (tertiary alicyclic amines) is 1. The van der Waals surface area contributed by atoms with Crippen molar-refractivity contribution in [3.05, 3.63) is 24.3 Å². The van der Waals surface area contributed by atoms with E-state index in [1.165, 1.54) is 0 Å². The van der Waals surface area contributed by atoms with E-state index in [9.17, 15) is 9.59 Å². The molecule has 1 aromatic carbocycles. The zero-order valence-electron chi connectivity index (χ0n) is 15.1. The first-order chi connectivity index (χ1) is 12.1. The van der Waals surface area contributed by atoms with Crippen molar-refractivity contribution in [2.75, 3.05) is 51.3 Å². The van der Waals surface area contributed by atoms with Gasteiger partial charge < -0.3 is 19.4 Å². The normalized spacial score (nSPS) is 21.4. The largest absolute Gasteiger partial charge is 0.492 e. The molecule has 2 heterocycles. The van der Waals surface area contributed by atoms with Crippen LogP contribution >= 0.6 is 0 Å². The molecule has 3 rings (SSSR count). The summed E-state index contributed by atoms with van der Waals surface area (Å²) in [6.07, 6.45) is 1.16. The molecule has 0 N–H and O–H groups in total. The third kappa shape index (κ3) is 3.89. The molecule has 0 aliphatic carbocycles. The van der Waals surface area contributed by atoms with Crippen LogP contribution in [0.1, 0.15) is 19.8 Å². The Balaban J connectivity index is 1.59. The first-order valence-corrected chi connectivity index (χ1v) is 9.09. The van der Waals surface area contributed by atoms with Gasteiger partial charge in [-0.25, -0.2) is 0 Å². The van der Waals surface area contributed by atoms with Crippen molar-refractivity contribution in [3.63, 3.8) is 0 Å². The maximum atomic E-state index is 12.8. The predicted molar refractivity (Wildman–Crippen MR) is 96.8 cm³/mol. The Labute approximate surface area is 149 Å². The van der Waals surface area contributed by atoms with Crippen molar-refractivity contribution >= 4 is 17.5 Å². The number of piperazine rings is 1. The third-order valence-electron chi connectivity index (χ3n) is 5.07. The smallest absolute Gasteiger partial charge is 0.227 e. The van der Waals surface area contributed by atoms with Gasteiger partial charge in [0.15, 0.2) is 0 Å². The number of carbonyl (C=O) groups excluding carboxylic acids is 2. The van der Waals surface area contributed by atoms with Gasteiger partial charge in [-0.05, 0) is 25.5 Å². The Morgan fingerprint density at radius 1 is 1.20 bits per heavy atom. The summed E-state index contributed by atoms with van der Waals surface area (Å²) in [6.45, 7) is 6.21. The van der Waals surface area contributed by atoms with Crippen LogP contribution in [0.5, 0.6) is 5.75 Å². The number of piperidine rings is 1. The van der Waals surface area contributed by atoms with E-state index in [0.29, 0.717) is 39.1 Å². The lowest BCUT2D eigenvalue weighted by atomic mass is 9.96. The van der Waals surface area contributed by atoms with Crippen molar-refractivity contribution in [3.8, 4) is 5.75 Å². The summed E-state index contributed by atoms with van der Waals surface area (Å²) in [4.78, 5) is 30.3. The fourth-order valence-electron chi connectivity index (χ4n) is 3.64. The Bertz CT molecular complexity index is 626. The van der Waals surface area contributed by atoms with Gasteiger partial charge in [-0.2, -0.15) is 0 Å². The van der Waals surface area contributed by atoms with Crippen molar-refractivity contribution in [2.45, 2.75) is 19.8 Å². The first-order valence-electron chi connectivity index (χ1n) is 9.09. The fourth-order valence-corrected chi connectivity index (χ4v) is 3.64. The molecule has 0 saturated carbocycles. The maximum absolute atomic E-state index is 12.8. The van der Waals surface area contributed by atoms with E-state index in [-0.39, 0.29) is 17.7 Å². The molecule has 0 bridgehead atoms. The molecule has 6 nitrogen and oxygen atoms in total. The lowest BCUT2D eigenvalue weighted by Crippen LogP contribution is -2.52. The van der Waals surface area contributed by atoms with Gasteiger partial charge in [-0.1, -0.05) is 12.1 Å². The number of rotatable bonds is 4. The second-order valence-corrected chi connectivity index (χ2v) is 6.72. The summed E-state index contributed by atoms with van der Waals surface area (Å²) >= 11 is 0. The molecular weight excluding hydrogens is 318 g/mol. The average molecular weight is 345 g/mol. The maximum Gasteiger partial charge on any atom is 0.227 e. The highest BCUT2D eigenvalue weighted by Gasteiger charge is 2.32. The van der Waals surface area contributed by atoms with Crippen LogP contribution in [-0.4, -0.2) is 68.0 Å². The number of benzene rings is 1. The standard InChI is InChI=1S/C19H27N3O3/c1-3-25-17-7-5-4-6-16(17)21-10-12-22(13-11-21)19(24)15-8-9-18(23)20(2)14-15/h4-7,15H,3,8-14H2,1-2H3/t15-/m1/s1. The molecule has 0 aromatic heterocycles. The van der Waals surface area contributed by atoms with Crippen LogP contribution in [0.25, 0.3) is 0 Å². The number of hydrogen-bond acceptors (Lipinski definition) is 4. The van der Waals surface area contributed by atoms with Gasteiger partial charge in [0.1, 0.15) is 5.75 Å². The van der Waals surface area contributed by atoms with Gasteiger partial charge in [0, 0.05) is 46.2 Å². The Morgan fingerprint density at radius 2 is 1.92 bits per heavy atom. The van der Waals surface area contributed by atoms with Gasteiger partial charge in [0.2, 0.25) is 11.8 Å². The van der Waals surface area contributed by atoms with Gasteiger partial charge in [-0.3, -0.25) is 9.59 Å². The van der Waals surface area contributed by atoms with Gasteiger partial charge in [0.05, 0.1) is 18.2 Å². The van der Waals surface area contributed by atoms with E-state index in [1.807, 2.05) is 30.0 Å². The summed E-state index contributed by atoms with van der Waals surface area (Å²) in [7, 11) is 1.78. The minimum atomic E-state index is -0.0510. The Kier molecular flexibility index (Phi) is 5.46. The third-order valence-corrected chi connectivity index (χ3v) is 5.07. The highest BCUT2D eigenvalue weighted by molar-refractivity contribution is 5.84. The van der Waals surface area contributed by atoms with E-state index in [0.717, 1.165) is 24.5 Å². The molecule has 2 amide bonds. The number of amides is 2. The van der Waals surface area contributed by atoms with E-state index in [4.69, 9.17) is 4.74 Å². The summed E-state index contributed by atoms with van der Waals surface area (Å²) in [5.41, 5.74) is 1.10. The van der Waals surface area contributed by atoms with Crippen molar-refractivity contribution in [1.29, 1.82) is 0 Å². The molecule has 0 unspecified atom stereocenters. The minimum Gasteiger partial charge on any atom is -0.492 e. The van der Waals surface area contributed by atoms with E-state index < -0.39 is 0 Å². The van der Waals surface area contributed by atoms with Gasteiger partial charge in [0.25, 0.3) is 0 Å². The van der Waals surface area contributed by atoms with Crippen LogP contribution in [0.3, 0.4) is 0 Å². The monoisotopic (exact) mass is 345 g/mol. The minimum absolute atomic E-state index is 0.0510. The molecule has 2 aliphatic heterocycles. The topological polar surface area (TPSA) is 53.1 Å². The number of nitrogens with zero attached hydrogens (tertiary/aromatic N) is 3. The van der Waals surface area contributed by atoms with Gasteiger partial charge in [-0.15, -0.1) is 0 Å². The van der Waals surface area contributed by atoms with Gasteiger partial charge >= 0.3 is 0 Å². The van der Waals surface area contributed by atoms with Crippen molar-refractivity contribution in [1.82, 2.24) is 9.80 Å². The van der Waals surface area contributed by atoms with Crippen LogP contribution in [0.15, 0.2) is 24.3 Å². The fraction of sp³-hybridized carbons (Fsp3) is 0.579. The SMILES string of the molecule is CCOc1ccccc1N1CCN(C(=O)[C@@H]2CCC(=O)N(C)C2)CC1. The van der Waals surface area contributed by atoms with Crippen LogP contribution in [0.2, 0.25) is 0 Å². The summed E-state index contributed by atoms with van der Waals surface area (Å²) < 4.78 is 5.72. The zero-order valence-corrected chi connectivity index (χ0v) is 15.1. The highest BCUT2D eigenvalue weighted by atomic mass is 16.5. The number of anilines is 1. The molecule has 6 heteroatoms. The molecular formula is C19H27N3O3. The average Bonchev–Trinajstić information content (AvgIpc) is 2.64. The summed E-state index contributed by atoms with van der Waals surface area (Å²) in [5, 5.41) is 0. The number of hydrogen-bond donors (Lipinski definition) is 0. The van der Waals surface area contributed by atoms with E-state index >= 15 is 0 Å². The molecule has 2 fully saturated rings. The lowest BCUT2D eigenvalue weighted by Gasteiger charge is -2.39. The quantitative estimate of drug-likeness (QED) is 0.832. The molecule has 0 spiro atoms. The van der Waals surface area contributed by atoms with E-state index in [1.54, 1.807) is 11.9 Å².